The first-order valence-corrected chi connectivity index (χ1v) is 10.3. The van der Waals surface area contributed by atoms with Crippen LogP contribution < -0.4 is 10.6 Å². The van der Waals surface area contributed by atoms with E-state index < -0.39 is 33.9 Å². The summed E-state index contributed by atoms with van der Waals surface area (Å²) in [6.07, 6.45) is 0.924. The van der Waals surface area contributed by atoms with E-state index in [0.29, 0.717) is 18.8 Å². The Balaban J connectivity index is 1.60. The highest BCUT2D eigenvalue weighted by Gasteiger charge is 2.35. The van der Waals surface area contributed by atoms with Gasteiger partial charge in [-0.1, -0.05) is 0 Å². The maximum atomic E-state index is 13.1. The minimum absolute atomic E-state index is 0.0459. The average Bonchev–Trinajstić information content (AvgIpc) is 3.24. The smallest absolute Gasteiger partial charge is 0.309 e. The molecule has 2 aromatic rings. The van der Waals surface area contributed by atoms with Gasteiger partial charge in [-0.2, -0.15) is 4.31 Å². The van der Waals surface area contributed by atoms with Crippen molar-refractivity contribution in [1.82, 2.24) is 14.9 Å². The molecule has 156 valence electrons. The first-order chi connectivity index (χ1) is 13.9. The number of benzene rings is 1. The molecule has 1 atom stereocenters. The van der Waals surface area contributed by atoms with Crippen molar-refractivity contribution in [2.75, 3.05) is 19.7 Å². The molecule has 29 heavy (non-hydrogen) atoms. The number of furan rings is 1. The summed E-state index contributed by atoms with van der Waals surface area (Å²) >= 11 is 0. The second kappa shape index (κ2) is 9.16. The van der Waals surface area contributed by atoms with E-state index in [4.69, 9.17) is 9.15 Å². The van der Waals surface area contributed by atoms with E-state index >= 15 is 0 Å². The van der Waals surface area contributed by atoms with Gasteiger partial charge < -0.3 is 19.8 Å². The van der Waals surface area contributed by atoms with Gasteiger partial charge in [0, 0.05) is 6.54 Å². The molecule has 2 N–H and O–H groups in total. The SMILES string of the molecule is O=C(NCc1ccco1)C(=O)NC[C@@H]1OCCCN1S(=O)(=O)c1ccc(F)cc1. The number of sulfonamides is 1. The van der Waals surface area contributed by atoms with Gasteiger partial charge in [-0.25, -0.2) is 12.8 Å². The van der Waals surface area contributed by atoms with Crippen LogP contribution in [0.5, 0.6) is 0 Å². The second-order valence-corrected chi connectivity index (χ2v) is 8.11. The Hall–Kier alpha value is -2.76. The topological polar surface area (TPSA) is 118 Å². The van der Waals surface area contributed by atoms with Gasteiger partial charge in [0.25, 0.3) is 0 Å². The summed E-state index contributed by atoms with van der Waals surface area (Å²) in [5.41, 5.74) is 0. The number of carbonyl (C=O) groups excluding carboxylic acids is 2. The lowest BCUT2D eigenvalue weighted by atomic mass is 10.3. The molecule has 1 saturated heterocycles. The van der Waals surface area contributed by atoms with E-state index in [1.807, 2.05) is 0 Å². The molecule has 11 heteroatoms. The monoisotopic (exact) mass is 425 g/mol. The van der Waals surface area contributed by atoms with Crippen LogP contribution in [-0.4, -0.2) is 50.5 Å². The van der Waals surface area contributed by atoms with Crippen molar-refractivity contribution < 1.29 is 31.6 Å². The third-order valence-electron chi connectivity index (χ3n) is 4.22. The van der Waals surface area contributed by atoms with E-state index in [9.17, 15) is 22.4 Å². The first-order valence-electron chi connectivity index (χ1n) is 8.85. The number of halogens is 1. The summed E-state index contributed by atoms with van der Waals surface area (Å²) in [6, 6.07) is 7.73. The van der Waals surface area contributed by atoms with Crippen LogP contribution in [0.2, 0.25) is 0 Å². The molecule has 1 aliphatic rings. The van der Waals surface area contributed by atoms with Crippen molar-refractivity contribution in [2.24, 2.45) is 0 Å². The number of rotatable bonds is 6. The van der Waals surface area contributed by atoms with Gasteiger partial charge in [0.1, 0.15) is 17.8 Å². The van der Waals surface area contributed by atoms with Crippen molar-refractivity contribution in [3.63, 3.8) is 0 Å². The lowest BCUT2D eigenvalue weighted by Crippen LogP contribution is -2.53. The van der Waals surface area contributed by atoms with Gasteiger partial charge in [0.15, 0.2) is 0 Å². The molecule has 1 fully saturated rings. The van der Waals surface area contributed by atoms with Gasteiger partial charge in [-0.15, -0.1) is 0 Å². The summed E-state index contributed by atoms with van der Waals surface area (Å²) in [6.45, 7) is 0.309. The number of hydrogen-bond donors (Lipinski definition) is 2. The largest absolute Gasteiger partial charge is 0.467 e. The molecule has 0 unspecified atom stereocenters. The Morgan fingerprint density at radius 1 is 1.14 bits per heavy atom. The normalized spacial score (nSPS) is 17.6. The number of amides is 2. The molecule has 3 rings (SSSR count). The highest BCUT2D eigenvalue weighted by Crippen LogP contribution is 2.22. The van der Waals surface area contributed by atoms with Crippen molar-refractivity contribution in [1.29, 1.82) is 0 Å². The van der Waals surface area contributed by atoms with E-state index in [-0.39, 0.29) is 24.5 Å². The van der Waals surface area contributed by atoms with Crippen LogP contribution in [0.4, 0.5) is 4.39 Å². The van der Waals surface area contributed by atoms with Crippen LogP contribution in [0.25, 0.3) is 0 Å². The lowest BCUT2D eigenvalue weighted by molar-refractivity contribution is -0.140. The molecular formula is C18H20FN3O6S. The Morgan fingerprint density at radius 2 is 1.86 bits per heavy atom. The predicted molar refractivity (Wildman–Crippen MR) is 98.2 cm³/mol. The number of carbonyl (C=O) groups is 2. The fourth-order valence-corrected chi connectivity index (χ4v) is 4.33. The molecule has 0 spiro atoms. The highest BCUT2D eigenvalue weighted by molar-refractivity contribution is 7.89. The van der Waals surface area contributed by atoms with Gasteiger partial charge in [-0.05, 0) is 42.8 Å². The summed E-state index contributed by atoms with van der Waals surface area (Å²) in [7, 11) is -3.96. The second-order valence-electron chi connectivity index (χ2n) is 6.22. The van der Waals surface area contributed by atoms with E-state index in [1.165, 1.54) is 6.26 Å². The molecule has 0 bridgehead atoms. The minimum atomic E-state index is -3.96. The van der Waals surface area contributed by atoms with Crippen molar-refractivity contribution in [3.8, 4) is 0 Å². The fourth-order valence-electron chi connectivity index (χ4n) is 2.77. The summed E-state index contributed by atoms with van der Waals surface area (Å²) in [5, 5.41) is 4.76. The lowest BCUT2D eigenvalue weighted by Gasteiger charge is -2.34. The summed E-state index contributed by atoms with van der Waals surface area (Å²) in [5.74, 6) is -1.88. The molecule has 2 amide bonds. The van der Waals surface area contributed by atoms with Crippen LogP contribution in [0.1, 0.15) is 12.2 Å². The van der Waals surface area contributed by atoms with Crippen molar-refractivity contribution >= 4 is 21.8 Å². The summed E-state index contributed by atoms with van der Waals surface area (Å²) < 4.78 is 50.4. The predicted octanol–water partition coefficient (Wildman–Crippen LogP) is 0.588. The molecule has 1 aliphatic heterocycles. The molecule has 2 heterocycles. The highest BCUT2D eigenvalue weighted by atomic mass is 32.2. The Bertz CT molecular complexity index is 946. The number of nitrogens with zero attached hydrogens (tertiary/aromatic N) is 1. The number of ether oxygens (including phenoxy) is 1. The third kappa shape index (κ3) is 5.19. The van der Waals surface area contributed by atoms with Crippen LogP contribution in [0.3, 0.4) is 0 Å². The maximum absolute atomic E-state index is 13.1. The molecule has 1 aromatic carbocycles. The Labute approximate surface area is 166 Å². The van der Waals surface area contributed by atoms with Gasteiger partial charge in [0.2, 0.25) is 10.0 Å². The molecular weight excluding hydrogens is 405 g/mol. The van der Waals surface area contributed by atoms with Crippen molar-refractivity contribution in [3.05, 3.63) is 54.2 Å². The third-order valence-corrected chi connectivity index (χ3v) is 6.12. The van der Waals surface area contributed by atoms with Crippen molar-refractivity contribution in [2.45, 2.75) is 24.1 Å². The average molecular weight is 425 g/mol. The number of nitrogens with one attached hydrogen (secondary N) is 2. The van der Waals surface area contributed by atoms with Gasteiger partial charge >= 0.3 is 11.8 Å². The maximum Gasteiger partial charge on any atom is 0.309 e. The Morgan fingerprint density at radius 3 is 2.55 bits per heavy atom. The first kappa shape index (κ1) is 21.0. The standard InChI is InChI=1S/C18H20FN3O6S/c19-13-4-6-15(7-5-13)29(25,26)22-8-2-10-28-16(22)12-21-18(24)17(23)20-11-14-3-1-9-27-14/h1,3-7,9,16H,2,8,10-12H2,(H,20,23)(H,21,24)/t16-/m0/s1. The van der Waals surface area contributed by atoms with E-state index in [0.717, 1.165) is 28.6 Å². The molecule has 9 nitrogen and oxygen atoms in total. The molecule has 0 saturated carbocycles. The molecule has 1 aromatic heterocycles. The minimum Gasteiger partial charge on any atom is -0.467 e. The Kier molecular flexibility index (Phi) is 6.62. The van der Waals surface area contributed by atoms with Crippen LogP contribution in [0, 0.1) is 5.82 Å². The van der Waals surface area contributed by atoms with E-state index in [1.54, 1.807) is 12.1 Å². The zero-order valence-electron chi connectivity index (χ0n) is 15.3. The van der Waals surface area contributed by atoms with Crippen LogP contribution in [-0.2, 0) is 30.9 Å². The van der Waals surface area contributed by atoms with Gasteiger partial charge in [0.05, 0.1) is 30.9 Å². The fraction of sp³-hybridized carbons (Fsp3) is 0.333. The molecule has 0 radical (unpaired) electrons. The summed E-state index contributed by atoms with van der Waals surface area (Å²) in [4.78, 5) is 23.8. The quantitative estimate of drug-likeness (QED) is 0.654. The van der Waals surface area contributed by atoms with Crippen LogP contribution in [0.15, 0.2) is 52.0 Å². The zero-order valence-corrected chi connectivity index (χ0v) is 16.2. The zero-order chi connectivity index (χ0) is 20.9. The van der Waals surface area contributed by atoms with Gasteiger partial charge in [-0.3, -0.25) is 9.59 Å². The van der Waals surface area contributed by atoms with E-state index in [2.05, 4.69) is 10.6 Å². The molecule has 0 aliphatic carbocycles. The van der Waals surface area contributed by atoms with Crippen LogP contribution >= 0.6 is 0 Å². The number of hydrogen-bond acceptors (Lipinski definition) is 6.